The van der Waals surface area contributed by atoms with Crippen LogP contribution in [0.1, 0.15) is 10.4 Å². The van der Waals surface area contributed by atoms with Crippen molar-refractivity contribution < 1.29 is 17.9 Å². The molecule has 1 saturated heterocycles. The number of sulfonamides is 1. The van der Waals surface area contributed by atoms with Gasteiger partial charge in [0, 0.05) is 41.5 Å². The normalized spacial score (nSPS) is 15.2. The van der Waals surface area contributed by atoms with Gasteiger partial charge in [-0.05, 0) is 48.5 Å². The van der Waals surface area contributed by atoms with Crippen LogP contribution in [0.15, 0.2) is 65.0 Å². The summed E-state index contributed by atoms with van der Waals surface area (Å²) in [6.45, 7) is 1.45. The van der Waals surface area contributed by atoms with E-state index in [1.165, 1.54) is 28.6 Å². The first-order valence-electron chi connectivity index (χ1n) is 9.03. The number of rotatable bonds is 5. The van der Waals surface area contributed by atoms with Gasteiger partial charge in [0.25, 0.3) is 5.91 Å². The first-order valence-corrected chi connectivity index (χ1v) is 11.4. The van der Waals surface area contributed by atoms with Crippen LogP contribution in [0, 0.1) is 0 Å². The molecule has 1 N–H and O–H groups in total. The number of anilines is 1. The van der Waals surface area contributed by atoms with Crippen molar-refractivity contribution in [2.24, 2.45) is 0 Å². The van der Waals surface area contributed by atoms with Crippen LogP contribution in [0.25, 0.3) is 10.6 Å². The second kappa shape index (κ2) is 8.42. The van der Waals surface area contributed by atoms with Gasteiger partial charge in [-0.1, -0.05) is 0 Å². The molecule has 1 fully saturated rings. The average Bonchev–Trinajstić information content (AvgIpc) is 3.30. The molecule has 0 radical (unpaired) electrons. The Morgan fingerprint density at radius 1 is 1.03 bits per heavy atom. The molecule has 0 atom stereocenters. The van der Waals surface area contributed by atoms with Crippen LogP contribution in [0.5, 0.6) is 0 Å². The van der Waals surface area contributed by atoms with Gasteiger partial charge in [0.1, 0.15) is 5.01 Å². The second-order valence-electron chi connectivity index (χ2n) is 6.41. The highest BCUT2D eigenvalue weighted by molar-refractivity contribution is 7.89. The molecule has 29 heavy (non-hydrogen) atoms. The fraction of sp³-hybridized carbons (Fsp3) is 0.200. The molecule has 9 heteroatoms. The zero-order chi connectivity index (χ0) is 20.3. The Labute approximate surface area is 173 Å². The number of benzene rings is 2. The van der Waals surface area contributed by atoms with Gasteiger partial charge in [0.2, 0.25) is 10.0 Å². The van der Waals surface area contributed by atoms with Crippen LogP contribution in [-0.2, 0) is 14.8 Å². The third-order valence-corrected chi connectivity index (χ3v) is 7.28. The maximum atomic E-state index is 12.7. The smallest absolute Gasteiger partial charge is 0.255 e. The predicted molar refractivity (Wildman–Crippen MR) is 112 cm³/mol. The predicted octanol–water partition coefficient (Wildman–Crippen LogP) is 3.08. The van der Waals surface area contributed by atoms with Gasteiger partial charge in [0.05, 0.1) is 18.1 Å². The van der Waals surface area contributed by atoms with E-state index < -0.39 is 10.0 Å². The Hall–Kier alpha value is -2.59. The Morgan fingerprint density at radius 2 is 1.72 bits per heavy atom. The van der Waals surface area contributed by atoms with Gasteiger partial charge >= 0.3 is 0 Å². The van der Waals surface area contributed by atoms with E-state index in [9.17, 15) is 13.2 Å². The van der Waals surface area contributed by atoms with Gasteiger partial charge in [-0.15, -0.1) is 11.3 Å². The summed E-state index contributed by atoms with van der Waals surface area (Å²) in [5.74, 6) is -0.303. The van der Waals surface area contributed by atoms with Crippen molar-refractivity contribution in [3.63, 3.8) is 0 Å². The average molecular weight is 430 g/mol. The Bertz CT molecular complexity index is 1070. The third kappa shape index (κ3) is 4.38. The summed E-state index contributed by atoms with van der Waals surface area (Å²) in [5, 5.41) is 5.65. The molecule has 0 unspecified atom stereocenters. The molecular weight excluding hydrogens is 410 g/mol. The molecule has 0 bridgehead atoms. The minimum Gasteiger partial charge on any atom is -0.379 e. The molecule has 1 aliphatic rings. The zero-order valence-corrected chi connectivity index (χ0v) is 17.1. The Morgan fingerprint density at radius 3 is 2.34 bits per heavy atom. The molecule has 150 valence electrons. The van der Waals surface area contributed by atoms with Crippen molar-refractivity contribution in [1.82, 2.24) is 9.29 Å². The Kier molecular flexibility index (Phi) is 5.72. The van der Waals surface area contributed by atoms with Gasteiger partial charge < -0.3 is 10.1 Å². The number of thiazole rings is 1. The van der Waals surface area contributed by atoms with E-state index in [0.29, 0.717) is 37.6 Å². The summed E-state index contributed by atoms with van der Waals surface area (Å²) in [6.07, 6.45) is 1.75. The molecule has 3 aromatic rings. The molecule has 0 saturated carbocycles. The van der Waals surface area contributed by atoms with Crippen LogP contribution in [0.3, 0.4) is 0 Å². The molecular formula is C20H19N3O4S2. The summed E-state index contributed by atoms with van der Waals surface area (Å²) in [4.78, 5) is 16.9. The Balaban J connectivity index is 1.44. The van der Waals surface area contributed by atoms with Crippen LogP contribution < -0.4 is 5.32 Å². The van der Waals surface area contributed by atoms with E-state index in [4.69, 9.17) is 4.74 Å². The number of hydrogen-bond donors (Lipinski definition) is 1. The highest BCUT2D eigenvalue weighted by atomic mass is 32.2. The van der Waals surface area contributed by atoms with E-state index in [2.05, 4.69) is 10.3 Å². The molecule has 4 rings (SSSR count). The molecule has 1 amide bonds. The molecule has 2 heterocycles. The van der Waals surface area contributed by atoms with E-state index >= 15 is 0 Å². The SMILES string of the molecule is O=C(Nc1ccc(-c2nccs2)cc1)c1ccc(S(=O)(=O)N2CCOCC2)cc1. The lowest BCUT2D eigenvalue weighted by Gasteiger charge is -2.26. The summed E-state index contributed by atoms with van der Waals surface area (Å²) in [6, 6.07) is 13.4. The standard InChI is InChI=1S/C20H19N3O4S2/c24-19(22-17-5-1-16(2-6-17)20-21-9-14-28-20)15-3-7-18(8-4-15)29(25,26)23-10-12-27-13-11-23/h1-9,14H,10-13H2,(H,22,24). The van der Waals surface area contributed by atoms with Crippen molar-refractivity contribution in [2.45, 2.75) is 4.90 Å². The van der Waals surface area contributed by atoms with Crippen molar-refractivity contribution in [2.75, 3.05) is 31.6 Å². The number of carbonyl (C=O) groups excluding carboxylic acids is 1. The number of amides is 1. The summed E-state index contributed by atoms with van der Waals surface area (Å²) < 4.78 is 31.9. The number of hydrogen-bond acceptors (Lipinski definition) is 6. The van der Waals surface area contributed by atoms with Crippen LogP contribution in [0.2, 0.25) is 0 Å². The lowest BCUT2D eigenvalue weighted by molar-refractivity contribution is 0.0730. The number of morpholine rings is 1. The van der Waals surface area contributed by atoms with E-state index in [0.717, 1.165) is 10.6 Å². The van der Waals surface area contributed by atoms with Crippen molar-refractivity contribution in [3.8, 4) is 10.6 Å². The minimum absolute atomic E-state index is 0.170. The zero-order valence-electron chi connectivity index (χ0n) is 15.4. The molecule has 0 spiro atoms. The van der Waals surface area contributed by atoms with Crippen LogP contribution >= 0.6 is 11.3 Å². The van der Waals surface area contributed by atoms with E-state index in [1.54, 1.807) is 17.5 Å². The van der Waals surface area contributed by atoms with E-state index in [-0.39, 0.29) is 10.8 Å². The lowest BCUT2D eigenvalue weighted by atomic mass is 10.2. The minimum atomic E-state index is -3.57. The first kappa shape index (κ1) is 19.7. The molecule has 1 aliphatic heterocycles. The van der Waals surface area contributed by atoms with Crippen molar-refractivity contribution in [3.05, 3.63) is 65.7 Å². The monoisotopic (exact) mass is 429 g/mol. The van der Waals surface area contributed by atoms with Crippen molar-refractivity contribution >= 4 is 33.0 Å². The quantitative estimate of drug-likeness (QED) is 0.673. The third-order valence-electron chi connectivity index (χ3n) is 4.55. The second-order valence-corrected chi connectivity index (χ2v) is 9.24. The number of nitrogens with one attached hydrogen (secondary N) is 1. The van der Waals surface area contributed by atoms with E-state index in [1.807, 2.05) is 29.6 Å². The lowest BCUT2D eigenvalue weighted by Crippen LogP contribution is -2.40. The van der Waals surface area contributed by atoms with Gasteiger partial charge in [-0.2, -0.15) is 4.31 Å². The topological polar surface area (TPSA) is 88.6 Å². The number of ether oxygens (including phenoxy) is 1. The number of carbonyl (C=O) groups is 1. The molecule has 7 nitrogen and oxygen atoms in total. The number of nitrogens with zero attached hydrogens (tertiary/aromatic N) is 2. The highest BCUT2D eigenvalue weighted by Gasteiger charge is 2.26. The largest absolute Gasteiger partial charge is 0.379 e. The maximum Gasteiger partial charge on any atom is 0.255 e. The molecule has 0 aliphatic carbocycles. The molecule has 1 aromatic heterocycles. The van der Waals surface area contributed by atoms with Gasteiger partial charge in [-0.3, -0.25) is 4.79 Å². The van der Waals surface area contributed by atoms with Gasteiger partial charge in [0.15, 0.2) is 0 Å². The highest BCUT2D eigenvalue weighted by Crippen LogP contribution is 2.24. The number of aromatic nitrogens is 1. The molecule has 2 aromatic carbocycles. The van der Waals surface area contributed by atoms with Crippen LogP contribution in [-0.4, -0.2) is 49.9 Å². The summed E-state index contributed by atoms with van der Waals surface area (Å²) in [5.41, 5.74) is 2.02. The van der Waals surface area contributed by atoms with Crippen molar-refractivity contribution in [1.29, 1.82) is 0 Å². The summed E-state index contributed by atoms with van der Waals surface area (Å²) in [7, 11) is -3.57. The maximum absolute atomic E-state index is 12.7. The van der Waals surface area contributed by atoms with Gasteiger partial charge in [-0.25, -0.2) is 13.4 Å². The first-order chi connectivity index (χ1) is 14.0. The fourth-order valence-corrected chi connectivity index (χ4v) is 5.03. The fourth-order valence-electron chi connectivity index (χ4n) is 2.98. The van der Waals surface area contributed by atoms with Crippen LogP contribution in [0.4, 0.5) is 5.69 Å². The summed E-state index contributed by atoms with van der Waals surface area (Å²) >= 11 is 1.55.